The van der Waals surface area contributed by atoms with E-state index in [0.717, 1.165) is 4.90 Å². The molecule has 0 radical (unpaired) electrons. The second-order valence-electron chi connectivity index (χ2n) is 5.28. The molecule has 0 saturated carbocycles. The first-order valence-electron chi connectivity index (χ1n) is 7.43. The monoisotopic (exact) mass is 318 g/mol. The van der Waals surface area contributed by atoms with E-state index in [9.17, 15) is 19.2 Å². The number of carboxylic acid groups (broad SMARTS) is 1. The summed E-state index contributed by atoms with van der Waals surface area (Å²) in [5.74, 6) is -2.21. The van der Waals surface area contributed by atoms with Crippen LogP contribution < -0.4 is 5.32 Å². The molecule has 0 fully saturated rings. The minimum Gasteiger partial charge on any atom is -0.480 e. The topological polar surface area (TPSA) is 104 Å². The quantitative estimate of drug-likeness (QED) is 0.731. The molecule has 2 rings (SSSR count). The number of amides is 3. The van der Waals surface area contributed by atoms with Gasteiger partial charge >= 0.3 is 5.97 Å². The van der Waals surface area contributed by atoms with Crippen LogP contribution in [0.4, 0.5) is 0 Å². The molecule has 1 atom stereocenters. The van der Waals surface area contributed by atoms with Crippen LogP contribution in [-0.4, -0.2) is 46.3 Å². The number of imide groups is 1. The Morgan fingerprint density at radius 1 is 1.17 bits per heavy atom. The van der Waals surface area contributed by atoms with Crippen LogP contribution in [0.1, 0.15) is 46.9 Å². The highest BCUT2D eigenvalue weighted by Gasteiger charge is 2.34. The molecule has 23 heavy (non-hydrogen) atoms. The van der Waals surface area contributed by atoms with E-state index in [4.69, 9.17) is 5.11 Å². The van der Waals surface area contributed by atoms with Gasteiger partial charge in [-0.15, -0.1) is 0 Å². The van der Waals surface area contributed by atoms with Gasteiger partial charge in [-0.05, 0) is 25.0 Å². The Labute approximate surface area is 133 Å². The Morgan fingerprint density at radius 3 is 2.22 bits per heavy atom. The molecular weight excluding hydrogens is 300 g/mol. The molecule has 7 heteroatoms. The third-order valence-corrected chi connectivity index (χ3v) is 3.71. The number of fused-ring (bicyclic) bond motifs is 1. The summed E-state index contributed by atoms with van der Waals surface area (Å²) in [4.78, 5) is 47.9. The summed E-state index contributed by atoms with van der Waals surface area (Å²) in [7, 11) is 0. The Bertz CT molecular complexity index is 621. The standard InChI is InChI=1S/C16H18N2O5/c1-2-12(16(22)23)17-13(19)8-5-9-18-14(20)10-6-3-4-7-11(10)15(18)21/h3-4,6-7,12H,2,5,8-9H2,1H3,(H,17,19)(H,22,23). The van der Waals surface area contributed by atoms with E-state index < -0.39 is 17.9 Å². The zero-order valence-corrected chi connectivity index (χ0v) is 12.7. The van der Waals surface area contributed by atoms with E-state index in [1.807, 2.05) is 0 Å². The van der Waals surface area contributed by atoms with Crippen molar-refractivity contribution in [2.45, 2.75) is 32.2 Å². The van der Waals surface area contributed by atoms with Crippen LogP contribution in [0.25, 0.3) is 0 Å². The maximum Gasteiger partial charge on any atom is 0.326 e. The fraction of sp³-hybridized carbons (Fsp3) is 0.375. The molecule has 1 aliphatic heterocycles. The Hall–Kier alpha value is -2.70. The molecule has 1 aromatic rings. The average Bonchev–Trinajstić information content (AvgIpc) is 2.77. The van der Waals surface area contributed by atoms with E-state index in [0.29, 0.717) is 17.5 Å². The second-order valence-corrected chi connectivity index (χ2v) is 5.28. The highest BCUT2D eigenvalue weighted by Crippen LogP contribution is 2.22. The zero-order valence-electron chi connectivity index (χ0n) is 12.7. The molecule has 1 unspecified atom stereocenters. The molecule has 0 bridgehead atoms. The number of carbonyl (C=O) groups is 4. The number of nitrogens with zero attached hydrogens (tertiary/aromatic N) is 1. The third kappa shape index (κ3) is 3.56. The Balaban J connectivity index is 1.86. The van der Waals surface area contributed by atoms with E-state index in [1.54, 1.807) is 31.2 Å². The van der Waals surface area contributed by atoms with Crippen molar-refractivity contribution in [3.05, 3.63) is 35.4 Å². The van der Waals surface area contributed by atoms with Crippen LogP contribution in [0, 0.1) is 0 Å². The van der Waals surface area contributed by atoms with Gasteiger partial charge in [0, 0.05) is 13.0 Å². The number of benzene rings is 1. The van der Waals surface area contributed by atoms with Crippen molar-refractivity contribution in [3.8, 4) is 0 Å². The molecule has 1 aromatic carbocycles. The number of hydrogen-bond donors (Lipinski definition) is 2. The van der Waals surface area contributed by atoms with Gasteiger partial charge in [0.05, 0.1) is 11.1 Å². The first kappa shape index (κ1) is 16.7. The number of carboxylic acids is 1. The van der Waals surface area contributed by atoms with Gasteiger partial charge in [-0.1, -0.05) is 19.1 Å². The van der Waals surface area contributed by atoms with E-state index >= 15 is 0 Å². The van der Waals surface area contributed by atoms with Gasteiger partial charge in [0.25, 0.3) is 11.8 Å². The Morgan fingerprint density at radius 2 is 1.74 bits per heavy atom. The fourth-order valence-electron chi connectivity index (χ4n) is 2.44. The first-order chi connectivity index (χ1) is 11.0. The second kappa shape index (κ2) is 7.04. The predicted molar refractivity (Wildman–Crippen MR) is 80.9 cm³/mol. The number of rotatable bonds is 7. The highest BCUT2D eigenvalue weighted by molar-refractivity contribution is 6.21. The van der Waals surface area contributed by atoms with Crippen LogP contribution in [0.3, 0.4) is 0 Å². The average molecular weight is 318 g/mol. The van der Waals surface area contributed by atoms with Gasteiger partial charge < -0.3 is 10.4 Å². The Kier molecular flexibility index (Phi) is 5.10. The van der Waals surface area contributed by atoms with E-state index in [2.05, 4.69) is 5.32 Å². The largest absolute Gasteiger partial charge is 0.480 e. The lowest BCUT2D eigenvalue weighted by atomic mass is 10.1. The molecule has 0 spiro atoms. The number of aliphatic carboxylic acids is 1. The summed E-state index contributed by atoms with van der Waals surface area (Å²) in [6.07, 6.45) is 0.629. The molecule has 3 amide bonds. The molecule has 0 aliphatic carbocycles. The third-order valence-electron chi connectivity index (χ3n) is 3.71. The van der Waals surface area contributed by atoms with Gasteiger partial charge in [0.15, 0.2) is 0 Å². The van der Waals surface area contributed by atoms with Crippen molar-refractivity contribution in [2.75, 3.05) is 6.54 Å². The van der Waals surface area contributed by atoms with Gasteiger partial charge in [0.1, 0.15) is 6.04 Å². The van der Waals surface area contributed by atoms with Gasteiger partial charge in [0.2, 0.25) is 5.91 Å². The highest BCUT2D eigenvalue weighted by atomic mass is 16.4. The van der Waals surface area contributed by atoms with Crippen molar-refractivity contribution < 1.29 is 24.3 Å². The van der Waals surface area contributed by atoms with Crippen molar-refractivity contribution in [1.82, 2.24) is 10.2 Å². The summed E-state index contributed by atoms with van der Waals surface area (Å²) in [5.41, 5.74) is 0.748. The number of nitrogens with one attached hydrogen (secondary N) is 1. The maximum absolute atomic E-state index is 12.1. The van der Waals surface area contributed by atoms with Crippen LogP contribution >= 0.6 is 0 Å². The maximum atomic E-state index is 12.1. The number of carbonyl (C=O) groups excluding carboxylic acids is 3. The zero-order chi connectivity index (χ0) is 17.0. The molecule has 122 valence electrons. The molecule has 7 nitrogen and oxygen atoms in total. The fourth-order valence-corrected chi connectivity index (χ4v) is 2.44. The SMILES string of the molecule is CCC(NC(=O)CCCN1C(=O)c2ccccc2C1=O)C(=O)O. The van der Waals surface area contributed by atoms with Gasteiger partial charge in [-0.25, -0.2) is 4.79 Å². The van der Waals surface area contributed by atoms with Gasteiger partial charge in [-0.2, -0.15) is 0 Å². The molecule has 2 N–H and O–H groups in total. The normalized spacial score (nSPS) is 14.6. The van der Waals surface area contributed by atoms with Crippen LogP contribution in [0.5, 0.6) is 0 Å². The van der Waals surface area contributed by atoms with Gasteiger partial charge in [-0.3, -0.25) is 19.3 Å². The summed E-state index contributed by atoms with van der Waals surface area (Å²) >= 11 is 0. The lowest BCUT2D eigenvalue weighted by molar-refractivity contribution is -0.141. The van der Waals surface area contributed by atoms with Crippen LogP contribution in [-0.2, 0) is 9.59 Å². The lowest BCUT2D eigenvalue weighted by Gasteiger charge is -2.15. The predicted octanol–water partition coefficient (Wildman–Crippen LogP) is 1.04. The summed E-state index contributed by atoms with van der Waals surface area (Å²) in [5, 5.41) is 11.3. The smallest absolute Gasteiger partial charge is 0.326 e. The lowest BCUT2D eigenvalue weighted by Crippen LogP contribution is -2.40. The molecule has 1 aliphatic rings. The van der Waals surface area contributed by atoms with Crippen LogP contribution in [0.2, 0.25) is 0 Å². The van der Waals surface area contributed by atoms with E-state index in [1.165, 1.54) is 0 Å². The molecular formula is C16H18N2O5. The first-order valence-corrected chi connectivity index (χ1v) is 7.43. The molecule has 0 saturated heterocycles. The minimum absolute atomic E-state index is 0.0528. The summed E-state index contributed by atoms with van der Waals surface area (Å²) < 4.78 is 0. The summed E-state index contributed by atoms with van der Waals surface area (Å²) in [6.45, 7) is 1.79. The van der Waals surface area contributed by atoms with Crippen molar-refractivity contribution in [1.29, 1.82) is 0 Å². The van der Waals surface area contributed by atoms with Crippen molar-refractivity contribution >= 4 is 23.7 Å². The molecule has 1 heterocycles. The number of hydrogen-bond acceptors (Lipinski definition) is 4. The van der Waals surface area contributed by atoms with Crippen molar-refractivity contribution in [3.63, 3.8) is 0 Å². The van der Waals surface area contributed by atoms with Crippen molar-refractivity contribution in [2.24, 2.45) is 0 Å². The summed E-state index contributed by atoms with van der Waals surface area (Å²) in [6, 6.07) is 5.67. The van der Waals surface area contributed by atoms with Crippen LogP contribution in [0.15, 0.2) is 24.3 Å². The van der Waals surface area contributed by atoms with E-state index in [-0.39, 0.29) is 31.2 Å². The minimum atomic E-state index is -1.08. The molecule has 0 aromatic heterocycles.